The number of rotatable bonds is 73. The van der Waals surface area contributed by atoms with Gasteiger partial charge in [-0.15, -0.1) is 0 Å². The maximum atomic E-state index is 13.1. The van der Waals surface area contributed by atoms with Crippen molar-refractivity contribution in [3.63, 3.8) is 0 Å². The van der Waals surface area contributed by atoms with Crippen molar-refractivity contribution in [2.45, 2.75) is 400 Å². The first kappa shape index (κ1) is 91.1. The van der Waals surface area contributed by atoms with Gasteiger partial charge in [-0.3, -0.25) is 37.3 Å². The molecule has 0 rings (SSSR count). The van der Waals surface area contributed by atoms with Gasteiger partial charge in [-0.25, -0.2) is 9.13 Å². The lowest BCUT2D eigenvalue weighted by Crippen LogP contribution is -2.30. The smallest absolute Gasteiger partial charge is 0.462 e. The lowest BCUT2D eigenvalue weighted by molar-refractivity contribution is -0.161. The molecule has 0 radical (unpaired) electrons. The summed E-state index contributed by atoms with van der Waals surface area (Å²) in [5.41, 5.74) is 0. The Bertz CT molecular complexity index is 1810. The van der Waals surface area contributed by atoms with E-state index in [0.717, 1.165) is 109 Å². The monoisotopic (exact) mass is 1370 g/mol. The fourth-order valence-electron chi connectivity index (χ4n) is 11.3. The van der Waals surface area contributed by atoms with Gasteiger partial charge in [0.05, 0.1) is 26.4 Å². The molecule has 0 aliphatic carbocycles. The molecule has 0 aromatic heterocycles. The molecule has 0 saturated carbocycles. The standard InChI is InChI=1S/C74H144O17P2/c1-7-10-12-14-16-17-18-19-20-21-22-23-24-29-32-35-39-46-52-58-73(78)90-69(63-85-72(77)57-51-45-38-34-31-28-26-25-27-30-33-37-43-49-55-67(6)9-3)64-88-92(80,81)86-60-68(75)61-87-93(82,83)89-65-70(62-84-71(76)56-50-44-36-15-13-11-8-2)91-74(79)59-53-47-41-40-42-48-54-66(4)5/h66-70,75H,7-65H2,1-6H3,(H,80,81)(H,82,83)/t67?,68-,69-,70-/m1/s1. The maximum Gasteiger partial charge on any atom is 0.472 e. The Morgan fingerprint density at radius 3 is 0.817 bits per heavy atom. The number of aliphatic hydroxyl groups is 1. The topological polar surface area (TPSA) is 237 Å². The number of phosphoric ester groups is 2. The lowest BCUT2D eigenvalue weighted by atomic mass is 9.99. The fourth-order valence-corrected chi connectivity index (χ4v) is 12.8. The van der Waals surface area contributed by atoms with Crippen LogP contribution >= 0.6 is 15.6 Å². The van der Waals surface area contributed by atoms with E-state index in [9.17, 15) is 43.2 Å². The molecule has 0 aliphatic heterocycles. The predicted molar refractivity (Wildman–Crippen MR) is 377 cm³/mol. The number of aliphatic hydroxyl groups excluding tert-OH is 1. The summed E-state index contributed by atoms with van der Waals surface area (Å²) in [4.78, 5) is 72.5. The Morgan fingerprint density at radius 1 is 0.312 bits per heavy atom. The molecule has 0 aromatic carbocycles. The van der Waals surface area contributed by atoms with Gasteiger partial charge in [0.15, 0.2) is 12.2 Å². The molecule has 0 aromatic rings. The number of hydrogen-bond acceptors (Lipinski definition) is 15. The number of unbranched alkanes of at least 4 members (excludes halogenated alkanes) is 42. The number of carbonyl (C=O) groups excluding carboxylic acids is 4. The van der Waals surface area contributed by atoms with Gasteiger partial charge in [-0.1, -0.05) is 330 Å². The number of esters is 4. The average molecular weight is 1370 g/mol. The molecule has 0 aliphatic rings. The van der Waals surface area contributed by atoms with Crippen LogP contribution in [0.3, 0.4) is 0 Å². The van der Waals surface area contributed by atoms with Crippen LogP contribution in [0.4, 0.5) is 0 Å². The first-order valence-electron chi connectivity index (χ1n) is 38.5. The molecule has 552 valence electrons. The highest BCUT2D eigenvalue weighted by atomic mass is 31.2. The number of phosphoric acid groups is 2. The van der Waals surface area contributed by atoms with Crippen LogP contribution in [-0.2, 0) is 65.4 Å². The summed E-state index contributed by atoms with van der Waals surface area (Å²) < 4.78 is 68.3. The molecule has 3 unspecified atom stereocenters. The number of hydrogen-bond donors (Lipinski definition) is 3. The highest BCUT2D eigenvalue weighted by Gasteiger charge is 2.30. The van der Waals surface area contributed by atoms with Crippen LogP contribution in [0.25, 0.3) is 0 Å². The Balaban J connectivity index is 5.16. The summed E-state index contributed by atoms with van der Waals surface area (Å²) in [6.07, 6.45) is 53.1. The Morgan fingerprint density at radius 2 is 0.548 bits per heavy atom. The zero-order chi connectivity index (χ0) is 68.6. The van der Waals surface area contributed by atoms with E-state index in [4.69, 9.17) is 37.0 Å². The summed E-state index contributed by atoms with van der Waals surface area (Å²) in [7, 11) is -9.90. The zero-order valence-electron chi connectivity index (χ0n) is 60.6. The number of carbonyl (C=O) groups is 4. The molecule has 19 heteroatoms. The van der Waals surface area contributed by atoms with Crippen molar-refractivity contribution in [3.05, 3.63) is 0 Å². The van der Waals surface area contributed by atoms with Crippen molar-refractivity contribution in [2.75, 3.05) is 39.6 Å². The molecule has 93 heavy (non-hydrogen) atoms. The van der Waals surface area contributed by atoms with Gasteiger partial charge in [-0.2, -0.15) is 0 Å². The number of ether oxygens (including phenoxy) is 4. The predicted octanol–water partition coefficient (Wildman–Crippen LogP) is 21.6. The SMILES string of the molecule is CCCCCCCCCCCCCCCCCCCCCC(=O)O[C@H](COC(=O)CCCCCCCCCCCCCCCCC(C)CC)COP(=O)(O)OC[C@@H](O)COP(=O)(O)OC[C@@H](COC(=O)CCCCCCCCC)OC(=O)CCCCCCCCC(C)C. The molecule has 6 atom stereocenters. The third kappa shape index (κ3) is 67.0. The van der Waals surface area contributed by atoms with Crippen molar-refractivity contribution in [1.29, 1.82) is 0 Å². The minimum Gasteiger partial charge on any atom is -0.462 e. The van der Waals surface area contributed by atoms with Crippen LogP contribution in [-0.4, -0.2) is 96.7 Å². The quantitative estimate of drug-likeness (QED) is 0.0222. The molecule has 0 fully saturated rings. The Labute approximate surface area is 568 Å². The summed E-state index contributed by atoms with van der Waals surface area (Å²) in [6, 6.07) is 0. The molecular weight excluding hydrogens is 1220 g/mol. The van der Waals surface area contributed by atoms with Crippen molar-refractivity contribution >= 4 is 39.5 Å². The maximum absolute atomic E-state index is 13.1. The third-order valence-corrected chi connectivity index (χ3v) is 19.5. The van der Waals surface area contributed by atoms with Crippen LogP contribution in [0.2, 0.25) is 0 Å². The third-order valence-electron chi connectivity index (χ3n) is 17.6. The van der Waals surface area contributed by atoms with E-state index >= 15 is 0 Å². The van der Waals surface area contributed by atoms with E-state index < -0.39 is 97.5 Å². The largest absolute Gasteiger partial charge is 0.472 e. The summed E-state index contributed by atoms with van der Waals surface area (Å²) in [5.74, 6) is -0.608. The summed E-state index contributed by atoms with van der Waals surface area (Å²) in [5, 5.41) is 10.6. The second-order valence-corrected chi connectivity index (χ2v) is 30.3. The molecule has 0 spiro atoms. The van der Waals surface area contributed by atoms with Gasteiger partial charge in [0.1, 0.15) is 19.3 Å². The molecular formula is C74H144O17P2. The van der Waals surface area contributed by atoms with Gasteiger partial charge in [0, 0.05) is 25.7 Å². The van der Waals surface area contributed by atoms with E-state index in [0.29, 0.717) is 31.6 Å². The van der Waals surface area contributed by atoms with Gasteiger partial charge in [-0.05, 0) is 37.5 Å². The fraction of sp³-hybridized carbons (Fsp3) is 0.946. The molecule has 0 saturated heterocycles. The average Bonchev–Trinajstić information content (AvgIpc) is 3.27. The highest BCUT2D eigenvalue weighted by Crippen LogP contribution is 2.45. The van der Waals surface area contributed by atoms with Crippen LogP contribution in [0.1, 0.15) is 382 Å². The summed E-state index contributed by atoms with van der Waals surface area (Å²) in [6.45, 7) is 9.50. The zero-order valence-corrected chi connectivity index (χ0v) is 62.3. The van der Waals surface area contributed by atoms with E-state index in [1.54, 1.807) is 0 Å². The molecule has 0 bridgehead atoms. The molecule has 0 amide bonds. The van der Waals surface area contributed by atoms with Gasteiger partial charge in [0.2, 0.25) is 0 Å². The summed E-state index contributed by atoms with van der Waals surface area (Å²) >= 11 is 0. The van der Waals surface area contributed by atoms with Crippen LogP contribution in [0.5, 0.6) is 0 Å². The highest BCUT2D eigenvalue weighted by molar-refractivity contribution is 7.47. The normalized spacial score (nSPS) is 14.3. The second-order valence-electron chi connectivity index (χ2n) is 27.4. The van der Waals surface area contributed by atoms with E-state index in [1.807, 2.05) is 0 Å². The van der Waals surface area contributed by atoms with Gasteiger partial charge >= 0.3 is 39.5 Å². The van der Waals surface area contributed by atoms with E-state index in [-0.39, 0.29) is 25.7 Å². The van der Waals surface area contributed by atoms with Gasteiger partial charge < -0.3 is 33.8 Å². The minimum absolute atomic E-state index is 0.102. The first-order chi connectivity index (χ1) is 44.9. The minimum atomic E-state index is -4.95. The van der Waals surface area contributed by atoms with E-state index in [2.05, 4.69) is 41.5 Å². The molecule has 0 heterocycles. The van der Waals surface area contributed by atoms with Crippen LogP contribution < -0.4 is 0 Å². The van der Waals surface area contributed by atoms with Gasteiger partial charge in [0.25, 0.3) is 0 Å². The lowest BCUT2D eigenvalue weighted by Gasteiger charge is -2.21. The first-order valence-corrected chi connectivity index (χ1v) is 41.5. The van der Waals surface area contributed by atoms with Crippen molar-refractivity contribution in [1.82, 2.24) is 0 Å². The van der Waals surface area contributed by atoms with E-state index in [1.165, 1.54) is 186 Å². The molecule has 17 nitrogen and oxygen atoms in total. The Kier molecular flexibility index (Phi) is 64.6. The Hall–Kier alpha value is -1.94. The second kappa shape index (κ2) is 66.0. The van der Waals surface area contributed by atoms with Crippen molar-refractivity contribution in [3.8, 4) is 0 Å². The van der Waals surface area contributed by atoms with Crippen LogP contribution in [0, 0.1) is 11.8 Å². The van der Waals surface area contributed by atoms with Crippen molar-refractivity contribution in [2.24, 2.45) is 11.8 Å². The van der Waals surface area contributed by atoms with Crippen molar-refractivity contribution < 1.29 is 80.2 Å². The molecule has 3 N–H and O–H groups in total. The van der Waals surface area contributed by atoms with Crippen LogP contribution in [0.15, 0.2) is 0 Å².